The maximum atomic E-state index is 11.1. The minimum absolute atomic E-state index is 0.334. The summed E-state index contributed by atoms with van der Waals surface area (Å²) in [5.41, 5.74) is 0.245. The Hall–Kier alpha value is -1.81. The monoisotopic (exact) mass is 275 g/mol. The van der Waals surface area contributed by atoms with E-state index in [9.17, 15) is 4.79 Å². The Morgan fingerprint density at radius 1 is 1.15 bits per heavy atom. The van der Waals surface area contributed by atoms with Gasteiger partial charge in [0.15, 0.2) is 0 Å². The lowest BCUT2D eigenvalue weighted by Crippen LogP contribution is -2.23. The van der Waals surface area contributed by atoms with Crippen LogP contribution in [0.3, 0.4) is 0 Å². The van der Waals surface area contributed by atoms with Gasteiger partial charge in [0.1, 0.15) is 11.3 Å². The molecule has 0 saturated heterocycles. The van der Waals surface area contributed by atoms with Gasteiger partial charge in [-0.15, -0.1) is 5.06 Å². The van der Waals surface area contributed by atoms with Crippen LogP contribution in [-0.2, 0) is 0 Å². The molecule has 4 nitrogen and oxygen atoms in total. The van der Waals surface area contributed by atoms with Crippen LogP contribution in [0.1, 0.15) is 32.6 Å². The predicted octanol–water partition coefficient (Wildman–Crippen LogP) is 3.60. The van der Waals surface area contributed by atoms with Gasteiger partial charge >= 0.3 is 5.63 Å². The highest BCUT2D eigenvalue weighted by Gasteiger charge is 2.04. The number of nitrogens with zero attached hydrogens (tertiary/aromatic N) is 1. The summed E-state index contributed by atoms with van der Waals surface area (Å²) in [6, 6.07) is 8.61. The van der Waals surface area contributed by atoms with E-state index in [0.29, 0.717) is 5.58 Å². The molecule has 1 aromatic heterocycles. The van der Waals surface area contributed by atoms with Crippen LogP contribution in [-0.4, -0.2) is 18.7 Å². The molecule has 0 N–H and O–H groups in total. The van der Waals surface area contributed by atoms with Gasteiger partial charge in [0.25, 0.3) is 0 Å². The van der Waals surface area contributed by atoms with Crippen molar-refractivity contribution in [2.45, 2.75) is 32.6 Å². The van der Waals surface area contributed by atoms with Crippen molar-refractivity contribution in [3.8, 4) is 5.75 Å². The third-order valence-corrected chi connectivity index (χ3v) is 3.18. The van der Waals surface area contributed by atoms with Crippen molar-refractivity contribution in [1.29, 1.82) is 0 Å². The van der Waals surface area contributed by atoms with Crippen molar-refractivity contribution in [3.63, 3.8) is 0 Å². The number of rotatable bonds is 7. The summed E-state index contributed by atoms with van der Waals surface area (Å²) in [6.45, 7) is 3.11. The molecular formula is C16H21NO3. The van der Waals surface area contributed by atoms with Crippen LogP contribution in [0.5, 0.6) is 5.75 Å². The van der Waals surface area contributed by atoms with Crippen LogP contribution in [0.2, 0.25) is 0 Å². The van der Waals surface area contributed by atoms with Gasteiger partial charge < -0.3 is 9.25 Å². The number of benzene rings is 1. The van der Waals surface area contributed by atoms with Crippen molar-refractivity contribution in [3.05, 3.63) is 40.8 Å². The lowest BCUT2D eigenvalue weighted by Gasteiger charge is -2.17. The zero-order valence-electron chi connectivity index (χ0n) is 12.1. The van der Waals surface area contributed by atoms with Crippen molar-refractivity contribution in [1.82, 2.24) is 5.06 Å². The quantitative estimate of drug-likeness (QED) is 0.440. The van der Waals surface area contributed by atoms with E-state index in [1.54, 1.807) is 12.1 Å². The van der Waals surface area contributed by atoms with Crippen LogP contribution in [0.25, 0.3) is 11.0 Å². The average molecular weight is 275 g/mol. The van der Waals surface area contributed by atoms with Crippen LogP contribution in [0, 0.1) is 0 Å². The molecule has 0 spiro atoms. The standard InChI is InChI=1S/C16H21NO3/c1-3-4-5-6-11-17(2)20-14-8-9-15-13(12-14)7-10-16(18)19-15/h7-10,12H,3-6,11H2,1-2H3. The van der Waals surface area contributed by atoms with E-state index in [-0.39, 0.29) is 5.63 Å². The molecular weight excluding hydrogens is 254 g/mol. The molecule has 1 aromatic carbocycles. The van der Waals surface area contributed by atoms with Gasteiger partial charge in [-0.1, -0.05) is 26.2 Å². The second-order valence-corrected chi connectivity index (χ2v) is 4.96. The Morgan fingerprint density at radius 2 is 2.00 bits per heavy atom. The number of hydroxylamine groups is 2. The van der Waals surface area contributed by atoms with Crippen molar-refractivity contribution in [2.75, 3.05) is 13.6 Å². The first-order valence-electron chi connectivity index (χ1n) is 7.12. The minimum Gasteiger partial charge on any atom is -0.423 e. The first-order chi connectivity index (χ1) is 9.69. The van der Waals surface area contributed by atoms with Crippen molar-refractivity contribution >= 4 is 11.0 Å². The summed E-state index contributed by atoms with van der Waals surface area (Å²) in [4.78, 5) is 16.9. The van der Waals surface area contributed by atoms with E-state index in [0.717, 1.165) is 24.1 Å². The average Bonchev–Trinajstić information content (AvgIpc) is 2.44. The fourth-order valence-corrected chi connectivity index (χ4v) is 2.09. The lowest BCUT2D eigenvalue weighted by molar-refractivity contribution is -0.0326. The summed E-state index contributed by atoms with van der Waals surface area (Å²) in [5, 5.41) is 2.71. The molecule has 108 valence electrons. The van der Waals surface area contributed by atoms with Crippen LogP contribution < -0.4 is 10.5 Å². The topological polar surface area (TPSA) is 42.7 Å². The van der Waals surface area contributed by atoms with E-state index in [2.05, 4.69) is 6.92 Å². The third-order valence-electron chi connectivity index (χ3n) is 3.18. The smallest absolute Gasteiger partial charge is 0.336 e. The molecule has 0 bridgehead atoms. The maximum Gasteiger partial charge on any atom is 0.336 e. The highest BCUT2D eigenvalue weighted by molar-refractivity contribution is 5.77. The Bertz CT molecular complexity index is 606. The van der Waals surface area contributed by atoms with Crippen LogP contribution in [0.4, 0.5) is 0 Å². The van der Waals surface area contributed by atoms with Gasteiger partial charge in [0.05, 0.1) is 0 Å². The second-order valence-electron chi connectivity index (χ2n) is 4.96. The molecule has 2 aromatic rings. The summed E-state index contributed by atoms with van der Waals surface area (Å²) < 4.78 is 5.09. The fraction of sp³-hybridized carbons (Fsp3) is 0.438. The summed E-state index contributed by atoms with van der Waals surface area (Å²) in [6.07, 6.45) is 4.86. The van der Waals surface area contributed by atoms with E-state index in [4.69, 9.17) is 9.25 Å². The largest absolute Gasteiger partial charge is 0.423 e. The molecule has 0 aliphatic heterocycles. The van der Waals surface area contributed by atoms with Gasteiger partial charge in [0, 0.05) is 25.0 Å². The van der Waals surface area contributed by atoms with Gasteiger partial charge in [0.2, 0.25) is 0 Å². The third kappa shape index (κ3) is 4.10. The Kier molecular flexibility index (Phi) is 5.18. The second kappa shape index (κ2) is 7.10. The molecule has 2 rings (SSSR count). The number of hydrogen-bond donors (Lipinski definition) is 0. The van der Waals surface area contributed by atoms with Crippen LogP contribution >= 0.6 is 0 Å². The molecule has 0 fully saturated rings. The minimum atomic E-state index is -0.334. The zero-order chi connectivity index (χ0) is 14.4. The van der Waals surface area contributed by atoms with Gasteiger partial charge in [-0.3, -0.25) is 0 Å². The fourth-order valence-electron chi connectivity index (χ4n) is 2.09. The summed E-state index contributed by atoms with van der Waals surface area (Å²) in [5.74, 6) is 0.754. The maximum absolute atomic E-state index is 11.1. The van der Waals surface area contributed by atoms with E-state index < -0.39 is 0 Å². The molecule has 4 heteroatoms. The first-order valence-corrected chi connectivity index (χ1v) is 7.12. The SMILES string of the molecule is CCCCCCN(C)Oc1ccc2oc(=O)ccc2c1. The Labute approximate surface area is 118 Å². The van der Waals surface area contributed by atoms with Gasteiger partial charge in [-0.25, -0.2) is 4.79 Å². The number of fused-ring (bicyclic) bond motifs is 1. The van der Waals surface area contributed by atoms with Crippen molar-refractivity contribution in [2.24, 2.45) is 0 Å². The molecule has 0 unspecified atom stereocenters. The molecule has 0 amide bonds. The van der Waals surface area contributed by atoms with E-state index in [1.165, 1.54) is 25.3 Å². The normalized spacial score (nSPS) is 11.2. The zero-order valence-corrected chi connectivity index (χ0v) is 12.1. The lowest BCUT2D eigenvalue weighted by atomic mass is 10.2. The highest BCUT2D eigenvalue weighted by Crippen LogP contribution is 2.20. The molecule has 0 saturated carbocycles. The van der Waals surface area contributed by atoms with E-state index in [1.807, 2.05) is 24.2 Å². The van der Waals surface area contributed by atoms with Gasteiger partial charge in [-0.05, 0) is 30.7 Å². The number of hydrogen-bond acceptors (Lipinski definition) is 4. The Morgan fingerprint density at radius 3 is 2.80 bits per heavy atom. The summed E-state index contributed by atoms with van der Waals surface area (Å²) in [7, 11) is 1.93. The molecule has 0 atom stereocenters. The van der Waals surface area contributed by atoms with Crippen molar-refractivity contribution < 1.29 is 9.25 Å². The van der Waals surface area contributed by atoms with Crippen LogP contribution in [0.15, 0.2) is 39.5 Å². The molecule has 0 aliphatic carbocycles. The summed E-state index contributed by atoms with van der Waals surface area (Å²) >= 11 is 0. The molecule has 20 heavy (non-hydrogen) atoms. The predicted molar refractivity (Wildman–Crippen MR) is 79.9 cm³/mol. The first kappa shape index (κ1) is 14.6. The molecule has 0 radical (unpaired) electrons. The van der Waals surface area contributed by atoms with E-state index >= 15 is 0 Å². The number of unbranched alkanes of at least 4 members (excludes halogenated alkanes) is 3. The molecule has 1 heterocycles. The highest BCUT2D eigenvalue weighted by atomic mass is 16.7. The molecule has 0 aliphatic rings. The Balaban J connectivity index is 1.95. The van der Waals surface area contributed by atoms with Gasteiger partial charge in [-0.2, -0.15) is 0 Å².